The lowest BCUT2D eigenvalue weighted by molar-refractivity contribution is 0.251. The van der Waals surface area contributed by atoms with Crippen LogP contribution in [0, 0.1) is 5.92 Å². The molecule has 1 aromatic carbocycles. The Morgan fingerprint density at radius 1 is 1.33 bits per heavy atom. The fourth-order valence-electron chi connectivity index (χ4n) is 2.33. The third-order valence-electron chi connectivity index (χ3n) is 3.37. The summed E-state index contributed by atoms with van der Waals surface area (Å²) in [5.41, 5.74) is -0.0901. The van der Waals surface area contributed by atoms with Crippen LogP contribution in [0.3, 0.4) is 0 Å². The first-order valence-electron chi connectivity index (χ1n) is 6.28. The summed E-state index contributed by atoms with van der Waals surface area (Å²) in [6.45, 7) is 2.71. The number of ether oxygens (including phenoxy) is 1. The molecule has 0 bridgehead atoms. The van der Waals surface area contributed by atoms with Crippen molar-refractivity contribution in [3.63, 3.8) is 0 Å². The molecule has 3 rings (SSSR count). The molecule has 0 spiro atoms. The predicted molar refractivity (Wildman–Crippen MR) is 71.0 cm³/mol. The van der Waals surface area contributed by atoms with Crippen molar-refractivity contribution in [2.24, 2.45) is 5.92 Å². The van der Waals surface area contributed by atoms with Crippen LogP contribution in [0.25, 0.3) is 10.8 Å². The molecule has 1 fully saturated rings. The van der Waals surface area contributed by atoms with E-state index in [1.54, 1.807) is 0 Å². The largest absolute Gasteiger partial charge is 0.479 e. The van der Waals surface area contributed by atoms with Crippen LogP contribution in [-0.4, -0.2) is 24.7 Å². The monoisotopic (exact) mass is 244 g/mol. The summed E-state index contributed by atoms with van der Waals surface area (Å²) in [6, 6.07) is 9.42. The van der Waals surface area contributed by atoms with Gasteiger partial charge in [0.25, 0.3) is 5.56 Å². The van der Waals surface area contributed by atoms with E-state index in [9.17, 15) is 4.79 Å². The minimum Gasteiger partial charge on any atom is -0.479 e. The van der Waals surface area contributed by atoms with E-state index in [0.29, 0.717) is 23.8 Å². The van der Waals surface area contributed by atoms with Crippen LogP contribution in [0.15, 0.2) is 35.1 Å². The number of hydrogen-bond acceptors (Lipinski definition) is 3. The van der Waals surface area contributed by atoms with Crippen LogP contribution < -0.4 is 15.6 Å². The molecule has 1 aliphatic rings. The summed E-state index contributed by atoms with van der Waals surface area (Å²) in [5, 5.41) is 4.92. The smallest absolute Gasteiger partial charge is 0.258 e. The Morgan fingerprint density at radius 2 is 2.22 bits per heavy atom. The van der Waals surface area contributed by atoms with Crippen LogP contribution in [0.5, 0.6) is 5.88 Å². The van der Waals surface area contributed by atoms with Gasteiger partial charge >= 0.3 is 0 Å². The minimum absolute atomic E-state index is 0.0901. The molecule has 2 N–H and O–H groups in total. The Hall–Kier alpha value is -1.81. The summed E-state index contributed by atoms with van der Waals surface area (Å²) in [7, 11) is 0. The fourth-order valence-corrected chi connectivity index (χ4v) is 2.33. The molecule has 0 aliphatic carbocycles. The van der Waals surface area contributed by atoms with Crippen molar-refractivity contribution in [2.75, 3.05) is 19.7 Å². The van der Waals surface area contributed by atoms with Crippen molar-refractivity contribution in [1.82, 2.24) is 10.3 Å². The van der Waals surface area contributed by atoms with Crippen LogP contribution in [0.2, 0.25) is 0 Å². The first-order chi connectivity index (χ1) is 8.83. The molecule has 0 amide bonds. The molecule has 0 radical (unpaired) electrons. The molecule has 1 atom stereocenters. The van der Waals surface area contributed by atoms with E-state index in [1.165, 1.54) is 0 Å². The second kappa shape index (κ2) is 4.82. The second-order valence-corrected chi connectivity index (χ2v) is 4.72. The van der Waals surface area contributed by atoms with Gasteiger partial charge in [0.2, 0.25) is 0 Å². The van der Waals surface area contributed by atoms with Crippen molar-refractivity contribution in [2.45, 2.75) is 6.42 Å². The molecule has 2 aromatic rings. The Morgan fingerprint density at radius 3 is 3.06 bits per heavy atom. The minimum atomic E-state index is -0.0901. The number of fused-ring (bicyclic) bond motifs is 1. The third-order valence-corrected chi connectivity index (χ3v) is 3.37. The topological polar surface area (TPSA) is 54.1 Å². The van der Waals surface area contributed by atoms with Gasteiger partial charge < -0.3 is 10.1 Å². The molecule has 4 nitrogen and oxygen atoms in total. The molecule has 1 aromatic heterocycles. The summed E-state index contributed by atoms with van der Waals surface area (Å²) < 4.78 is 5.68. The van der Waals surface area contributed by atoms with E-state index >= 15 is 0 Å². The van der Waals surface area contributed by atoms with E-state index in [4.69, 9.17) is 4.74 Å². The highest BCUT2D eigenvalue weighted by Gasteiger charge is 2.15. The fraction of sp³-hybridized carbons (Fsp3) is 0.357. The van der Waals surface area contributed by atoms with E-state index in [-0.39, 0.29) is 5.56 Å². The number of pyridine rings is 1. The molecular weight excluding hydrogens is 228 g/mol. The van der Waals surface area contributed by atoms with E-state index in [2.05, 4.69) is 10.3 Å². The van der Waals surface area contributed by atoms with Gasteiger partial charge in [0.05, 0.1) is 6.61 Å². The quantitative estimate of drug-likeness (QED) is 0.860. The Bertz CT molecular complexity index is 600. The Balaban J connectivity index is 1.81. The molecule has 1 saturated heterocycles. The summed E-state index contributed by atoms with van der Waals surface area (Å²) in [5.74, 6) is 1.10. The Labute approximate surface area is 105 Å². The number of rotatable bonds is 3. The van der Waals surface area contributed by atoms with Crippen molar-refractivity contribution in [3.05, 3.63) is 40.7 Å². The molecule has 1 aliphatic heterocycles. The number of nitrogens with one attached hydrogen (secondary N) is 2. The average Bonchev–Trinajstić information content (AvgIpc) is 2.90. The molecule has 18 heavy (non-hydrogen) atoms. The zero-order valence-electron chi connectivity index (χ0n) is 10.1. The van der Waals surface area contributed by atoms with Gasteiger partial charge in [-0.05, 0) is 24.4 Å². The molecule has 1 unspecified atom stereocenters. The highest BCUT2D eigenvalue weighted by atomic mass is 16.5. The lowest BCUT2D eigenvalue weighted by Crippen LogP contribution is -2.17. The summed E-state index contributed by atoms with van der Waals surface area (Å²) in [6.07, 6.45) is 1.14. The highest BCUT2D eigenvalue weighted by molar-refractivity contribution is 5.82. The second-order valence-electron chi connectivity index (χ2n) is 4.72. The van der Waals surface area contributed by atoms with Gasteiger partial charge in [0.15, 0.2) is 5.88 Å². The summed E-state index contributed by atoms with van der Waals surface area (Å²) >= 11 is 0. The van der Waals surface area contributed by atoms with Gasteiger partial charge in [-0.15, -0.1) is 0 Å². The van der Waals surface area contributed by atoms with Crippen LogP contribution in [-0.2, 0) is 0 Å². The van der Waals surface area contributed by atoms with E-state index < -0.39 is 0 Å². The molecule has 94 valence electrons. The zero-order chi connectivity index (χ0) is 12.4. The molecule has 2 heterocycles. The molecule has 0 saturated carbocycles. The first-order valence-corrected chi connectivity index (χ1v) is 6.28. The third kappa shape index (κ3) is 2.24. The number of benzene rings is 1. The predicted octanol–water partition coefficient (Wildman–Crippen LogP) is 1.52. The van der Waals surface area contributed by atoms with Crippen molar-refractivity contribution < 1.29 is 4.74 Å². The number of H-pyrrole nitrogens is 1. The highest BCUT2D eigenvalue weighted by Crippen LogP contribution is 2.16. The summed E-state index contributed by atoms with van der Waals surface area (Å²) in [4.78, 5) is 14.6. The zero-order valence-corrected chi connectivity index (χ0v) is 10.1. The van der Waals surface area contributed by atoms with Gasteiger partial charge in [-0.25, -0.2) is 0 Å². The maximum Gasteiger partial charge on any atom is 0.258 e. The van der Waals surface area contributed by atoms with Crippen LogP contribution in [0.1, 0.15) is 6.42 Å². The molecular formula is C14H16N2O2. The van der Waals surface area contributed by atoms with Crippen molar-refractivity contribution in [3.8, 4) is 5.88 Å². The normalized spacial score (nSPS) is 19.2. The van der Waals surface area contributed by atoms with Gasteiger partial charge in [-0.3, -0.25) is 9.78 Å². The average molecular weight is 244 g/mol. The van der Waals surface area contributed by atoms with Gasteiger partial charge in [0, 0.05) is 23.9 Å². The maximum atomic E-state index is 11.8. The number of aromatic amines is 1. The number of aromatic nitrogens is 1. The van der Waals surface area contributed by atoms with Crippen LogP contribution in [0.4, 0.5) is 0 Å². The molecule has 4 heteroatoms. The van der Waals surface area contributed by atoms with Gasteiger partial charge in [-0.2, -0.15) is 0 Å². The van der Waals surface area contributed by atoms with Crippen LogP contribution >= 0.6 is 0 Å². The Kier molecular flexibility index (Phi) is 3.02. The maximum absolute atomic E-state index is 11.8. The van der Waals surface area contributed by atoms with E-state index in [1.807, 2.05) is 30.3 Å². The SMILES string of the molecule is O=c1[nH]c(OCC2CCNC2)cc2ccccc12. The first kappa shape index (κ1) is 11.3. The van der Waals surface area contributed by atoms with E-state index in [0.717, 1.165) is 24.9 Å². The van der Waals surface area contributed by atoms with Crippen molar-refractivity contribution >= 4 is 10.8 Å². The standard InChI is InChI=1S/C14H16N2O2/c17-14-12-4-2-1-3-11(12)7-13(16-14)18-9-10-5-6-15-8-10/h1-4,7,10,15H,5-6,8-9H2,(H,16,17). The van der Waals surface area contributed by atoms with Crippen molar-refractivity contribution in [1.29, 1.82) is 0 Å². The van der Waals surface area contributed by atoms with Gasteiger partial charge in [-0.1, -0.05) is 18.2 Å². The van der Waals surface area contributed by atoms with Gasteiger partial charge in [0.1, 0.15) is 0 Å². The lowest BCUT2D eigenvalue weighted by Gasteiger charge is -2.10. The number of hydrogen-bond donors (Lipinski definition) is 2. The lowest BCUT2D eigenvalue weighted by atomic mass is 10.1.